The molecule has 1 saturated carbocycles. The second-order valence-electron chi connectivity index (χ2n) is 6.11. The van der Waals surface area contributed by atoms with Gasteiger partial charge < -0.3 is 19.1 Å². The first-order valence-electron chi connectivity index (χ1n) is 8.17. The first-order valence-corrected chi connectivity index (χ1v) is 8.17. The number of rotatable bonds is 6. The highest BCUT2D eigenvalue weighted by Crippen LogP contribution is 2.31. The van der Waals surface area contributed by atoms with Crippen molar-refractivity contribution in [2.75, 3.05) is 6.61 Å². The van der Waals surface area contributed by atoms with E-state index in [1.165, 1.54) is 30.6 Å². The molecule has 3 aromatic rings. The molecule has 0 spiro atoms. The lowest BCUT2D eigenvalue weighted by molar-refractivity contribution is -0.277. The highest BCUT2D eigenvalue weighted by molar-refractivity contribution is 5.51. The summed E-state index contributed by atoms with van der Waals surface area (Å²) < 4.78 is 29.1. The fraction of sp³-hybridized carbons (Fsp3) is 0.278. The molecule has 4 rings (SSSR count). The third kappa shape index (κ3) is 3.74. The zero-order chi connectivity index (χ0) is 17.9. The van der Waals surface area contributed by atoms with Crippen LogP contribution in [0.4, 0.5) is 4.39 Å². The van der Waals surface area contributed by atoms with Gasteiger partial charge in [-0.1, -0.05) is 5.16 Å². The number of aromatic nitrogens is 3. The summed E-state index contributed by atoms with van der Waals surface area (Å²) in [6.07, 6.45) is 4.74. The number of hydrogen-bond acceptors (Lipinski definition) is 7. The van der Waals surface area contributed by atoms with Crippen molar-refractivity contribution in [2.45, 2.75) is 18.9 Å². The summed E-state index contributed by atoms with van der Waals surface area (Å²) in [4.78, 5) is 8.33. The van der Waals surface area contributed by atoms with Crippen LogP contribution in [0.3, 0.4) is 0 Å². The molecule has 1 aliphatic carbocycles. The van der Waals surface area contributed by atoms with E-state index in [0.29, 0.717) is 29.8 Å². The van der Waals surface area contributed by atoms with Gasteiger partial charge in [-0.2, -0.15) is 0 Å². The Balaban J connectivity index is 1.23. The van der Waals surface area contributed by atoms with Gasteiger partial charge in [0.2, 0.25) is 5.88 Å². The molecule has 0 amide bonds. The van der Waals surface area contributed by atoms with Gasteiger partial charge in [0.15, 0.2) is 5.76 Å². The zero-order valence-electron chi connectivity index (χ0n) is 13.7. The Hall–Kier alpha value is -3.16. The van der Waals surface area contributed by atoms with Crippen molar-refractivity contribution in [3.05, 3.63) is 48.5 Å². The molecule has 0 atom stereocenters. The smallest absolute Gasteiger partial charge is 0.232 e. The zero-order valence-corrected chi connectivity index (χ0v) is 13.7. The van der Waals surface area contributed by atoms with Crippen LogP contribution in [0.2, 0.25) is 0 Å². The first-order chi connectivity index (χ1) is 12.7. The molecule has 2 aromatic heterocycles. The largest absolute Gasteiger partial charge is 0.856 e. The molecule has 0 radical (unpaired) electrons. The molecule has 8 heteroatoms. The van der Waals surface area contributed by atoms with Crippen molar-refractivity contribution in [2.24, 2.45) is 5.92 Å². The second-order valence-corrected chi connectivity index (χ2v) is 6.11. The monoisotopic (exact) mass is 356 g/mol. The second kappa shape index (κ2) is 6.99. The maximum Gasteiger partial charge on any atom is 0.232 e. The van der Waals surface area contributed by atoms with E-state index in [4.69, 9.17) is 14.0 Å². The third-order valence-electron chi connectivity index (χ3n) is 4.15. The Bertz CT molecular complexity index is 861. The van der Waals surface area contributed by atoms with Crippen molar-refractivity contribution in [3.8, 4) is 29.0 Å². The minimum absolute atomic E-state index is 0.0653. The predicted molar refractivity (Wildman–Crippen MR) is 86.0 cm³/mol. The number of nitrogens with zero attached hydrogens (tertiary/aromatic N) is 3. The van der Waals surface area contributed by atoms with Gasteiger partial charge in [0, 0.05) is 11.9 Å². The van der Waals surface area contributed by atoms with E-state index in [-0.39, 0.29) is 17.7 Å². The Kier molecular flexibility index (Phi) is 4.39. The summed E-state index contributed by atoms with van der Waals surface area (Å²) in [7, 11) is 0. The molecule has 0 unspecified atom stereocenters. The van der Waals surface area contributed by atoms with E-state index in [1.807, 2.05) is 0 Å². The van der Waals surface area contributed by atoms with Crippen LogP contribution >= 0.6 is 0 Å². The van der Waals surface area contributed by atoms with E-state index in [0.717, 1.165) is 12.8 Å². The van der Waals surface area contributed by atoms with E-state index in [1.54, 1.807) is 12.1 Å². The van der Waals surface area contributed by atoms with Gasteiger partial charge in [0.1, 0.15) is 23.4 Å². The third-order valence-corrected chi connectivity index (χ3v) is 4.15. The van der Waals surface area contributed by atoms with Gasteiger partial charge in [-0.25, -0.2) is 14.4 Å². The van der Waals surface area contributed by atoms with Crippen LogP contribution in [0.5, 0.6) is 17.5 Å². The topological polar surface area (TPSA) is 93.3 Å². The van der Waals surface area contributed by atoms with Crippen LogP contribution in [0.25, 0.3) is 11.5 Å². The maximum atomic E-state index is 12.8. The minimum Gasteiger partial charge on any atom is -0.856 e. The highest BCUT2D eigenvalue weighted by Gasteiger charge is 2.31. The number of hydrogen-bond donors (Lipinski definition) is 0. The number of ether oxygens (including phenoxy) is 2. The standard InChI is InChI=1S/C18H16FN3O4/c19-12-1-3-13(4-2-12)24-10-11-5-14(6-11)25-18-9-20-15(8-21-18)16-7-17(23)22-26-16/h1-4,7-9,11,14H,5-6,10H2,(H,22,23)/p-1. The van der Waals surface area contributed by atoms with E-state index in [2.05, 4.69) is 15.1 Å². The fourth-order valence-corrected chi connectivity index (χ4v) is 2.71. The van der Waals surface area contributed by atoms with E-state index in [9.17, 15) is 9.50 Å². The van der Waals surface area contributed by atoms with Gasteiger partial charge in [-0.05, 0) is 43.0 Å². The van der Waals surface area contributed by atoms with E-state index < -0.39 is 5.88 Å². The quantitative estimate of drug-likeness (QED) is 0.670. The van der Waals surface area contributed by atoms with Crippen LogP contribution < -0.4 is 14.6 Å². The Morgan fingerprint density at radius 3 is 2.62 bits per heavy atom. The highest BCUT2D eigenvalue weighted by atomic mass is 19.1. The van der Waals surface area contributed by atoms with Gasteiger partial charge in [0.25, 0.3) is 0 Å². The summed E-state index contributed by atoms with van der Waals surface area (Å²) in [6, 6.07) is 7.23. The van der Waals surface area contributed by atoms with Crippen molar-refractivity contribution in [1.82, 2.24) is 15.1 Å². The molecule has 2 heterocycles. The summed E-state index contributed by atoms with van der Waals surface area (Å²) in [5, 5.41) is 14.3. The van der Waals surface area contributed by atoms with Gasteiger partial charge in [0.05, 0.1) is 19.0 Å². The van der Waals surface area contributed by atoms with Crippen molar-refractivity contribution in [1.29, 1.82) is 0 Å². The van der Waals surface area contributed by atoms with Crippen LogP contribution in [0, 0.1) is 11.7 Å². The molecule has 26 heavy (non-hydrogen) atoms. The van der Waals surface area contributed by atoms with Crippen LogP contribution in [0.15, 0.2) is 47.2 Å². The van der Waals surface area contributed by atoms with Crippen molar-refractivity contribution < 1.29 is 23.5 Å². The Morgan fingerprint density at radius 2 is 1.96 bits per heavy atom. The Labute approximate surface area is 148 Å². The molecule has 1 fully saturated rings. The average molecular weight is 356 g/mol. The molecule has 0 aliphatic heterocycles. The average Bonchev–Trinajstić information content (AvgIpc) is 3.05. The van der Waals surface area contributed by atoms with Gasteiger partial charge in [-0.3, -0.25) is 0 Å². The fourth-order valence-electron chi connectivity index (χ4n) is 2.71. The molecular formula is C18H15FN3O4-. The summed E-state index contributed by atoms with van der Waals surface area (Å²) in [5.41, 5.74) is 0.422. The van der Waals surface area contributed by atoms with Crippen molar-refractivity contribution in [3.63, 3.8) is 0 Å². The number of halogens is 1. The minimum atomic E-state index is -0.453. The lowest BCUT2D eigenvalue weighted by atomic mass is 9.83. The summed E-state index contributed by atoms with van der Waals surface area (Å²) >= 11 is 0. The summed E-state index contributed by atoms with van der Waals surface area (Å²) in [5.74, 6) is 1.01. The molecule has 7 nitrogen and oxygen atoms in total. The SMILES string of the molecule is [O-]c1cc(-c2cnc(OC3CC(COc4ccc(F)cc4)C3)cn2)on1. The first kappa shape index (κ1) is 16.3. The lowest BCUT2D eigenvalue weighted by Crippen LogP contribution is -2.37. The number of benzene rings is 1. The van der Waals surface area contributed by atoms with Crippen LogP contribution in [0.1, 0.15) is 12.8 Å². The van der Waals surface area contributed by atoms with Gasteiger partial charge in [-0.15, -0.1) is 0 Å². The van der Waals surface area contributed by atoms with Gasteiger partial charge >= 0.3 is 0 Å². The molecule has 1 aromatic carbocycles. The maximum absolute atomic E-state index is 12.8. The predicted octanol–water partition coefficient (Wildman–Crippen LogP) is 2.58. The van der Waals surface area contributed by atoms with Crippen LogP contribution in [-0.4, -0.2) is 27.8 Å². The molecular weight excluding hydrogens is 341 g/mol. The molecule has 134 valence electrons. The molecule has 0 bridgehead atoms. The summed E-state index contributed by atoms with van der Waals surface area (Å²) in [6.45, 7) is 0.569. The van der Waals surface area contributed by atoms with Crippen molar-refractivity contribution >= 4 is 0 Å². The molecule has 1 aliphatic rings. The molecule has 0 N–H and O–H groups in total. The van der Waals surface area contributed by atoms with Crippen LogP contribution in [-0.2, 0) is 0 Å². The Morgan fingerprint density at radius 1 is 1.15 bits per heavy atom. The normalized spacial score (nSPS) is 19.0. The lowest BCUT2D eigenvalue weighted by Gasteiger charge is -2.34. The van der Waals surface area contributed by atoms with E-state index >= 15 is 0 Å². The molecule has 0 saturated heterocycles.